The highest BCUT2D eigenvalue weighted by Crippen LogP contribution is 2.37. The van der Waals surface area contributed by atoms with Gasteiger partial charge in [-0.05, 0) is 22.8 Å². The van der Waals surface area contributed by atoms with E-state index >= 15 is 0 Å². The average molecular weight is 425 g/mol. The molecule has 162 valence electrons. The van der Waals surface area contributed by atoms with Crippen LogP contribution >= 0.6 is 7.82 Å². The number of nitrogens with one attached hydrogen (secondary N) is 1. The van der Waals surface area contributed by atoms with Crippen molar-refractivity contribution in [2.75, 3.05) is 13.2 Å². The molecule has 0 bridgehead atoms. The number of fused-ring (bicyclic) bond motifs is 1. The first kappa shape index (κ1) is 25.1. The van der Waals surface area contributed by atoms with E-state index in [1.54, 1.807) is 6.07 Å². The Morgan fingerprint density at radius 1 is 1.07 bits per heavy atom. The van der Waals surface area contributed by atoms with Gasteiger partial charge in [0.25, 0.3) is 0 Å². The predicted molar refractivity (Wildman–Crippen MR) is 115 cm³/mol. The number of carbonyl (C=O) groups excluding carboxylic acids is 1. The summed E-state index contributed by atoms with van der Waals surface area (Å²) in [5.74, 6) is 0. The van der Waals surface area contributed by atoms with Crippen molar-refractivity contribution >= 4 is 24.7 Å². The van der Waals surface area contributed by atoms with Crippen molar-refractivity contribution < 1.29 is 28.4 Å². The molecule has 2 aromatic carbocycles. The molecule has 0 spiro atoms. The number of phosphoric ester groups is 1. The first-order chi connectivity index (χ1) is 13.9. The molecule has 0 aliphatic rings. The van der Waals surface area contributed by atoms with Crippen LogP contribution in [0.4, 0.5) is 4.79 Å². The Hall–Kier alpha value is -1.92. The Labute approximate surface area is 172 Å². The van der Waals surface area contributed by atoms with Gasteiger partial charge in [-0.3, -0.25) is 4.52 Å². The molecule has 8 heteroatoms. The molecule has 2 rings (SSSR count). The summed E-state index contributed by atoms with van der Waals surface area (Å²) in [4.78, 5) is 30.2. The minimum Gasteiger partial charge on any atom is -0.450 e. The highest BCUT2D eigenvalue weighted by Gasteiger charge is 2.23. The largest absolute Gasteiger partial charge is 0.469 e. The van der Waals surface area contributed by atoms with Gasteiger partial charge < -0.3 is 19.8 Å². The lowest BCUT2D eigenvalue weighted by Gasteiger charge is -2.21. The third-order valence-corrected chi connectivity index (χ3v) is 4.62. The van der Waals surface area contributed by atoms with Crippen LogP contribution in [-0.2, 0) is 13.8 Å². The number of alkyl carbamates (subject to hydrolysis) is 1. The van der Waals surface area contributed by atoms with Gasteiger partial charge in [0, 0.05) is 0 Å². The summed E-state index contributed by atoms with van der Waals surface area (Å²) in [5.41, 5.74) is 0.699. The maximum Gasteiger partial charge on any atom is 0.469 e. The van der Waals surface area contributed by atoms with Crippen LogP contribution in [0.5, 0.6) is 0 Å². The molecule has 0 aliphatic heterocycles. The maximum atomic E-state index is 12.1. The molecule has 0 fully saturated rings. The Bertz CT molecular complexity index is 786. The van der Waals surface area contributed by atoms with Crippen molar-refractivity contribution in [1.82, 2.24) is 5.32 Å². The van der Waals surface area contributed by atoms with Crippen molar-refractivity contribution in [1.29, 1.82) is 0 Å². The lowest BCUT2D eigenvalue weighted by atomic mass is 9.99. The lowest BCUT2D eigenvalue weighted by Crippen LogP contribution is -2.32. The van der Waals surface area contributed by atoms with E-state index in [2.05, 4.69) is 16.8 Å². The van der Waals surface area contributed by atoms with Crippen molar-refractivity contribution in [3.8, 4) is 0 Å². The standard InChI is InChI=1S/C19H26NO6P.C2H6/c1-2-3-4-7-13-25-19(21)20-18(14-26-27(22,23)24)17-12-8-10-15-9-5-6-11-16(15)17;1-2/h5-6,8-12,18H,2-4,7,13-14H2,1H3,(H,20,21)(H2,22,23,24);1-2H3. The highest BCUT2D eigenvalue weighted by atomic mass is 31.2. The lowest BCUT2D eigenvalue weighted by molar-refractivity contribution is 0.129. The Morgan fingerprint density at radius 2 is 1.76 bits per heavy atom. The summed E-state index contributed by atoms with van der Waals surface area (Å²) < 4.78 is 21.0. The van der Waals surface area contributed by atoms with Crippen LogP contribution in [0.15, 0.2) is 42.5 Å². The van der Waals surface area contributed by atoms with Crippen LogP contribution in [0.3, 0.4) is 0 Å². The summed E-state index contributed by atoms with van der Waals surface area (Å²) in [6, 6.07) is 12.3. The third kappa shape index (κ3) is 9.41. The zero-order valence-corrected chi connectivity index (χ0v) is 18.2. The second-order valence-electron chi connectivity index (χ2n) is 6.25. The number of hydrogen-bond acceptors (Lipinski definition) is 4. The monoisotopic (exact) mass is 425 g/mol. The average Bonchev–Trinajstić information content (AvgIpc) is 2.71. The van der Waals surface area contributed by atoms with E-state index in [0.717, 1.165) is 36.5 Å². The molecule has 7 nitrogen and oxygen atoms in total. The molecule has 0 aromatic heterocycles. The minimum atomic E-state index is -4.67. The van der Waals surface area contributed by atoms with Gasteiger partial charge in [-0.15, -0.1) is 0 Å². The van der Waals surface area contributed by atoms with Gasteiger partial charge in [-0.1, -0.05) is 82.5 Å². The molecule has 0 radical (unpaired) electrons. The van der Waals surface area contributed by atoms with Crippen LogP contribution in [-0.4, -0.2) is 29.1 Å². The van der Waals surface area contributed by atoms with Gasteiger partial charge in [0.05, 0.1) is 19.3 Å². The summed E-state index contributed by atoms with van der Waals surface area (Å²) in [5, 5.41) is 4.47. The van der Waals surface area contributed by atoms with Gasteiger partial charge in [0.15, 0.2) is 0 Å². The van der Waals surface area contributed by atoms with Crippen LogP contribution in [0.2, 0.25) is 0 Å². The first-order valence-electron chi connectivity index (χ1n) is 10.0. The van der Waals surface area contributed by atoms with Crippen LogP contribution in [0, 0.1) is 0 Å². The Balaban J connectivity index is 0.00000204. The van der Waals surface area contributed by atoms with Crippen LogP contribution < -0.4 is 5.32 Å². The molecule has 0 saturated heterocycles. The van der Waals surface area contributed by atoms with E-state index in [0.29, 0.717) is 12.2 Å². The van der Waals surface area contributed by atoms with Gasteiger partial charge in [0.2, 0.25) is 0 Å². The zero-order chi connectivity index (χ0) is 21.7. The Kier molecular flexibility index (Phi) is 11.5. The van der Waals surface area contributed by atoms with E-state index in [1.165, 1.54) is 0 Å². The minimum absolute atomic E-state index is 0.299. The summed E-state index contributed by atoms with van der Waals surface area (Å²) in [7, 11) is -4.67. The van der Waals surface area contributed by atoms with Gasteiger partial charge >= 0.3 is 13.9 Å². The molecule has 1 atom stereocenters. The molecule has 0 aliphatic carbocycles. The van der Waals surface area contributed by atoms with E-state index < -0.39 is 20.0 Å². The van der Waals surface area contributed by atoms with Crippen molar-refractivity contribution in [3.05, 3.63) is 48.0 Å². The second-order valence-corrected chi connectivity index (χ2v) is 7.49. The molecule has 0 saturated carbocycles. The smallest absolute Gasteiger partial charge is 0.450 e. The number of benzene rings is 2. The molecule has 29 heavy (non-hydrogen) atoms. The zero-order valence-electron chi connectivity index (χ0n) is 17.3. The summed E-state index contributed by atoms with van der Waals surface area (Å²) in [6.45, 7) is 6.03. The second kappa shape index (κ2) is 13.3. The summed E-state index contributed by atoms with van der Waals surface area (Å²) in [6.07, 6.45) is 3.30. The molecule has 1 amide bonds. The fourth-order valence-electron chi connectivity index (χ4n) is 2.81. The van der Waals surface area contributed by atoms with E-state index in [4.69, 9.17) is 14.5 Å². The van der Waals surface area contributed by atoms with E-state index in [1.807, 2.05) is 50.2 Å². The fourth-order valence-corrected chi connectivity index (χ4v) is 3.16. The summed E-state index contributed by atoms with van der Waals surface area (Å²) >= 11 is 0. The molecule has 0 heterocycles. The number of unbranched alkanes of at least 4 members (excludes halogenated alkanes) is 3. The topological polar surface area (TPSA) is 105 Å². The van der Waals surface area contributed by atoms with Crippen LogP contribution in [0.1, 0.15) is 58.1 Å². The van der Waals surface area contributed by atoms with Gasteiger partial charge in [-0.2, -0.15) is 0 Å². The molecular formula is C21H32NO6P. The molecular weight excluding hydrogens is 393 g/mol. The number of amides is 1. The fraction of sp³-hybridized carbons (Fsp3) is 0.476. The molecule has 3 N–H and O–H groups in total. The molecule has 2 aromatic rings. The first-order valence-corrected chi connectivity index (χ1v) is 11.5. The number of phosphoric acid groups is 1. The Morgan fingerprint density at radius 3 is 2.45 bits per heavy atom. The number of carbonyl (C=O) groups is 1. The number of rotatable bonds is 10. The number of ether oxygens (including phenoxy) is 1. The van der Waals surface area contributed by atoms with Crippen molar-refractivity contribution in [2.45, 2.75) is 52.5 Å². The van der Waals surface area contributed by atoms with Crippen LogP contribution in [0.25, 0.3) is 10.8 Å². The molecule has 1 unspecified atom stereocenters. The number of hydrogen-bond donors (Lipinski definition) is 3. The van der Waals surface area contributed by atoms with Gasteiger partial charge in [0.1, 0.15) is 0 Å². The SMILES string of the molecule is CC.CCCCCCOC(=O)NC(COP(=O)(O)O)c1cccc2ccccc12. The normalized spacial score (nSPS) is 12.0. The third-order valence-electron chi connectivity index (χ3n) is 4.13. The van der Waals surface area contributed by atoms with Crippen molar-refractivity contribution in [2.24, 2.45) is 0 Å². The quantitative estimate of drug-likeness (QED) is 0.351. The highest BCUT2D eigenvalue weighted by molar-refractivity contribution is 7.46. The predicted octanol–water partition coefficient (Wildman–Crippen LogP) is 5.32. The van der Waals surface area contributed by atoms with E-state index in [-0.39, 0.29) is 6.61 Å². The van der Waals surface area contributed by atoms with E-state index in [9.17, 15) is 9.36 Å². The van der Waals surface area contributed by atoms with Gasteiger partial charge in [-0.25, -0.2) is 9.36 Å². The maximum absolute atomic E-state index is 12.1. The van der Waals surface area contributed by atoms with Crippen molar-refractivity contribution in [3.63, 3.8) is 0 Å².